The number of aliphatic hydroxyl groups excluding tert-OH is 1. The van der Waals surface area contributed by atoms with E-state index in [2.05, 4.69) is 14.9 Å². The highest BCUT2D eigenvalue weighted by Crippen LogP contribution is 2.41. The van der Waals surface area contributed by atoms with Crippen molar-refractivity contribution >= 4 is 23.0 Å². The number of rotatable bonds is 5. The Morgan fingerprint density at radius 3 is 2.56 bits per heavy atom. The molecular formula is C18H22N6O3. The van der Waals surface area contributed by atoms with E-state index < -0.39 is 0 Å². The maximum atomic E-state index is 11.9. The van der Waals surface area contributed by atoms with Gasteiger partial charge in [0.2, 0.25) is 11.6 Å². The third-order valence-electron chi connectivity index (χ3n) is 5.20. The van der Waals surface area contributed by atoms with Crippen LogP contribution in [-0.2, 0) is 6.42 Å². The molecule has 1 N–H and O–H groups in total. The summed E-state index contributed by atoms with van der Waals surface area (Å²) in [5.41, 5.74) is 2.10. The number of nitrogens with zero attached hydrogens (tertiary/aromatic N) is 6. The van der Waals surface area contributed by atoms with Gasteiger partial charge in [-0.15, -0.1) is 0 Å². The fourth-order valence-electron chi connectivity index (χ4n) is 3.84. The van der Waals surface area contributed by atoms with Crippen LogP contribution in [0.3, 0.4) is 0 Å². The summed E-state index contributed by atoms with van der Waals surface area (Å²) in [5.74, 6) is 0.728. The van der Waals surface area contributed by atoms with Crippen LogP contribution in [0.5, 0.6) is 0 Å². The summed E-state index contributed by atoms with van der Waals surface area (Å²) >= 11 is 0. The van der Waals surface area contributed by atoms with Crippen LogP contribution in [-0.4, -0.2) is 70.8 Å². The molecule has 1 saturated heterocycles. The minimum atomic E-state index is -0.369. The number of hydrogen-bond acceptors (Lipinski definition) is 8. The van der Waals surface area contributed by atoms with Gasteiger partial charge in [0.05, 0.1) is 11.5 Å². The van der Waals surface area contributed by atoms with E-state index in [1.54, 1.807) is 0 Å². The van der Waals surface area contributed by atoms with E-state index in [0.29, 0.717) is 37.8 Å². The maximum Gasteiger partial charge on any atom is 0.353 e. The van der Waals surface area contributed by atoms with Crippen molar-refractivity contribution in [3.8, 4) is 0 Å². The van der Waals surface area contributed by atoms with Crippen molar-refractivity contribution < 1.29 is 10.0 Å². The molecule has 0 amide bonds. The highest BCUT2D eigenvalue weighted by atomic mass is 16.6. The van der Waals surface area contributed by atoms with Gasteiger partial charge in [0.1, 0.15) is 6.33 Å². The van der Waals surface area contributed by atoms with E-state index in [-0.39, 0.29) is 17.2 Å². The minimum Gasteiger partial charge on any atom is -0.395 e. The number of anilines is 3. The molecule has 1 aromatic heterocycles. The number of nitro groups is 1. The van der Waals surface area contributed by atoms with Gasteiger partial charge in [0, 0.05) is 45.0 Å². The summed E-state index contributed by atoms with van der Waals surface area (Å²) in [6.45, 7) is 4.15. The van der Waals surface area contributed by atoms with E-state index in [4.69, 9.17) is 5.11 Å². The Hall–Kier alpha value is -2.78. The molecule has 3 heterocycles. The fraction of sp³-hybridized carbons (Fsp3) is 0.444. The quantitative estimate of drug-likeness (QED) is 0.619. The molecule has 0 unspecified atom stereocenters. The van der Waals surface area contributed by atoms with Gasteiger partial charge in [-0.25, -0.2) is 9.97 Å². The monoisotopic (exact) mass is 370 g/mol. The van der Waals surface area contributed by atoms with Crippen molar-refractivity contribution in [2.24, 2.45) is 0 Å². The molecule has 142 valence electrons. The molecular weight excluding hydrogens is 348 g/mol. The summed E-state index contributed by atoms with van der Waals surface area (Å²) in [4.78, 5) is 26.1. The summed E-state index contributed by atoms with van der Waals surface area (Å²) < 4.78 is 0. The lowest BCUT2D eigenvalue weighted by atomic mass is 10.2. The molecule has 4 rings (SSSR count). The van der Waals surface area contributed by atoms with Crippen LogP contribution < -0.4 is 9.80 Å². The fourth-order valence-corrected chi connectivity index (χ4v) is 3.84. The van der Waals surface area contributed by atoms with Crippen LogP contribution >= 0.6 is 0 Å². The number of piperazine rings is 1. The Morgan fingerprint density at radius 1 is 1.07 bits per heavy atom. The predicted octanol–water partition coefficient (Wildman–Crippen LogP) is 1.19. The van der Waals surface area contributed by atoms with Gasteiger partial charge in [-0.05, 0) is 18.1 Å². The Balaban J connectivity index is 1.67. The molecule has 0 bridgehead atoms. The first-order valence-electron chi connectivity index (χ1n) is 9.12. The van der Waals surface area contributed by atoms with Crippen LogP contribution in [0.25, 0.3) is 0 Å². The van der Waals surface area contributed by atoms with E-state index >= 15 is 0 Å². The average molecular weight is 370 g/mol. The number of aromatic nitrogens is 2. The highest BCUT2D eigenvalue weighted by molar-refractivity contribution is 5.78. The minimum absolute atomic E-state index is 0.0372. The smallest absolute Gasteiger partial charge is 0.353 e. The standard InChI is InChI=1S/C18H22N6O3/c25-12-11-21-7-9-22(10-8-21)17-16(24(26)27)18(20-13-19-17)23-6-5-14-3-1-2-4-15(14)23/h1-4,13,25H,5-12H2. The van der Waals surface area contributed by atoms with Gasteiger partial charge >= 0.3 is 5.69 Å². The first-order valence-corrected chi connectivity index (χ1v) is 9.12. The van der Waals surface area contributed by atoms with Crippen molar-refractivity contribution in [3.05, 3.63) is 46.3 Å². The van der Waals surface area contributed by atoms with Gasteiger partial charge in [-0.2, -0.15) is 0 Å². The maximum absolute atomic E-state index is 11.9. The van der Waals surface area contributed by atoms with Gasteiger partial charge in [0.15, 0.2) is 0 Å². The van der Waals surface area contributed by atoms with Crippen molar-refractivity contribution in [3.63, 3.8) is 0 Å². The first kappa shape index (κ1) is 17.6. The summed E-state index contributed by atoms with van der Waals surface area (Å²) in [7, 11) is 0. The zero-order valence-corrected chi connectivity index (χ0v) is 15.0. The van der Waals surface area contributed by atoms with Crippen molar-refractivity contribution in [1.82, 2.24) is 14.9 Å². The lowest BCUT2D eigenvalue weighted by molar-refractivity contribution is -0.383. The number of benzene rings is 1. The second-order valence-electron chi connectivity index (χ2n) is 6.71. The van der Waals surface area contributed by atoms with Gasteiger partial charge in [-0.3, -0.25) is 15.0 Å². The summed E-state index contributed by atoms with van der Waals surface area (Å²) in [6, 6.07) is 7.94. The third-order valence-corrected chi connectivity index (χ3v) is 5.20. The average Bonchev–Trinajstić information content (AvgIpc) is 3.12. The van der Waals surface area contributed by atoms with Crippen LogP contribution in [0.15, 0.2) is 30.6 Å². The Morgan fingerprint density at radius 2 is 1.81 bits per heavy atom. The molecule has 0 radical (unpaired) electrons. The number of β-amino-alcohol motifs (C(OH)–C–C–N with tert-alkyl or cyclic N) is 1. The Labute approximate surface area is 157 Å². The lowest BCUT2D eigenvalue weighted by Gasteiger charge is -2.34. The van der Waals surface area contributed by atoms with Gasteiger partial charge < -0.3 is 14.9 Å². The zero-order chi connectivity index (χ0) is 18.8. The highest BCUT2D eigenvalue weighted by Gasteiger charge is 2.34. The summed E-state index contributed by atoms with van der Waals surface area (Å²) in [6.07, 6.45) is 2.26. The van der Waals surface area contributed by atoms with Crippen LogP contribution in [0.4, 0.5) is 23.0 Å². The number of fused-ring (bicyclic) bond motifs is 1. The molecule has 9 heteroatoms. The molecule has 27 heavy (non-hydrogen) atoms. The topological polar surface area (TPSA) is 98.9 Å². The SMILES string of the molecule is O=[N+]([O-])c1c(N2CCN(CCO)CC2)ncnc1N1CCc2ccccc21. The van der Waals surface area contributed by atoms with Crippen LogP contribution in [0.1, 0.15) is 5.56 Å². The molecule has 9 nitrogen and oxygen atoms in total. The number of aliphatic hydroxyl groups is 1. The molecule has 0 atom stereocenters. The van der Waals surface area contributed by atoms with Crippen LogP contribution in [0, 0.1) is 10.1 Å². The Bertz CT molecular complexity index is 838. The number of para-hydroxylation sites is 1. The molecule has 0 saturated carbocycles. The van der Waals surface area contributed by atoms with Crippen LogP contribution in [0.2, 0.25) is 0 Å². The summed E-state index contributed by atoms with van der Waals surface area (Å²) in [5, 5.41) is 21.0. The second kappa shape index (κ2) is 7.45. The lowest BCUT2D eigenvalue weighted by Crippen LogP contribution is -2.47. The molecule has 0 spiro atoms. The first-order chi connectivity index (χ1) is 13.2. The normalized spacial score (nSPS) is 17.2. The predicted molar refractivity (Wildman–Crippen MR) is 102 cm³/mol. The van der Waals surface area contributed by atoms with Crippen molar-refractivity contribution in [2.45, 2.75) is 6.42 Å². The molecule has 1 aromatic carbocycles. The van der Waals surface area contributed by atoms with E-state index in [1.165, 1.54) is 11.9 Å². The van der Waals surface area contributed by atoms with Gasteiger partial charge in [-0.1, -0.05) is 18.2 Å². The molecule has 2 aromatic rings. The number of hydrogen-bond donors (Lipinski definition) is 1. The molecule has 1 fully saturated rings. The zero-order valence-electron chi connectivity index (χ0n) is 15.0. The van der Waals surface area contributed by atoms with E-state index in [1.807, 2.05) is 34.1 Å². The Kier molecular flexibility index (Phi) is 4.87. The van der Waals surface area contributed by atoms with E-state index in [0.717, 1.165) is 25.2 Å². The van der Waals surface area contributed by atoms with Gasteiger partial charge in [0.25, 0.3) is 0 Å². The third kappa shape index (κ3) is 3.31. The molecule has 2 aliphatic heterocycles. The van der Waals surface area contributed by atoms with Crippen molar-refractivity contribution in [2.75, 3.05) is 55.7 Å². The molecule has 2 aliphatic rings. The largest absolute Gasteiger partial charge is 0.395 e. The van der Waals surface area contributed by atoms with E-state index in [9.17, 15) is 10.1 Å². The molecule has 0 aliphatic carbocycles. The second-order valence-corrected chi connectivity index (χ2v) is 6.71. The van der Waals surface area contributed by atoms with Crippen molar-refractivity contribution in [1.29, 1.82) is 0 Å².